The zero-order valence-corrected chi connectivity index (χ0v) is 14.3. The Morgan fingerprint density at radius 2 is 1.91 bits per heavy atom. The minimum Gasteiger partial charge on any atom is -0.329 e. The summed E-state index contributed by atoms with van der Waals surface area (Å²) < 4.78 is 27.6. The zero-order chi connectivity index (χ0) is 17.1. The summed E-state index contributed by atoms with van der Waals surface area (Å²) >= 11 is 5.92. The Labute approximate surface area is 135 Å². The van der Waals surface area contributed by atoms with Crippen molar-refractivity contribution in [3.63, 3.8) is 0 Å². The van der Waals surface area contributed by atoms with E-state index in [2.05, 4.69) is 4.72 Å². The van der Waals surface area contributed by atoms with E-state index in [-0.39, 0.29) is 27.7 Å². The Kier molecular flexibility index (Phi) is 5.91. The number of nitrogens with two attached hydrogens (primary N) is 1. The molecule has 1 aromatic rings. The maximum absolute atomic E-state index is 12.5. The minimum absolute atomic E-state index is 0.0286. The highest BCUT2D eigenvalue weighted by molar-refractivity contribution is 7.89. The molecule has 22 heavy (non-hydrogen) atoms. The summed E-state index contributed by atoms with van der Waals surface area (Å²) in [4.78, 5) is 10.1. The van der Waals surface area contributed by atoms with E-state index >= 15 is 0 Å². The highest BCUT2D eigenvalue weighted by Crippen LogP contribution is 2.30. The highest BCUT2D eigenvalue weighted by atomic mass is 35.5. The molecule has 1 aromatic carbocycles. The largest absolute Gasteiger partial charge is 0.329 e. The molecule has 0 aliphatic heterocycles. The quantitative estimate of drug-likeness (QED) is 0.579. The summed E-state index contributed by atoms with van der Waals surface area (Å²) in [7, 11) is -3.97. The molecule has 0 fully saturated rings. The predicted octanol–water partition coefficient (Wildman–Crippen LogP) is 2.35. The SMILES string of the molecule is CCC(CC)(CN)NS(=O)(=O)c1cc(Cl)c(C)c([N+](=O)[O-])c1. The molecular weight excluding hydrogens is 330 g/mol. The van der Waals surface area contributed by atoms with Gasteiger partial charge in [-0.25, -0.2) is 13.1 Å². The smallest absolute Gasteiger partial charge is 0.275 e. The summed E-state index contributed by atoms with van der Waals surface area (Å²) in [5.74, 6) is 0. The summed E-state index contributed by atoms with van der Waals surface area (Å²) in [6, 6.07) is 2.22. The van der Waals surface area contributed by atoms with Gasteiger partial charge in [-0.1, -0.05) is 25.4 Å². The Bertz CT molecular complexity index is 664. The number of benzene rings is 1. The van der Waals surface area contributed by atoms with Gasteiger partial charge in [0.1, 0.15) is 0 Å². The minimum atomic E-state index is -3.97. The monoisotopic (exact) mass is 349 g/mol. The molecule has 3 N–H and O–H groups in total. The lowest BCUT2D eigenvalue weighted by Crippen LogP contribution is -2.52. The number of rotatable bonds is 7. The third-order valence-electron chi connectivity index (χ3n) is 3.89. The molecule has 0 bridgehead atoms. The zero-order valence-electron chi connectivity index (χ0n) is 12.7. The fraction of sp³-hybridized carbons (Fsp3) is 0.538. The fourth-order valence-electron chi connectivity index (χ4n) is 2.05. The van der Waals surface area contributed by atoms with Crippen LogP contribution in [0.2, 0.25) is 5.02 Å². The van der Waals surface area contributed by atoms with Crippen LogP contribution in [-0.4, -0.2) is 25.4 Å². The first-order valence-corrected chi connectivity index (χ1v) is 8.67. The van der Waals surface area contributed by atoms with Crippen molar-refractivity contribution in [2.24, 2.45) is 5.73 Å². The number of hydrogen-bond donors (Lipinski definition) is 2. The number of nitrogens with zero attached hydrogens (tertiary/aromatic N) is 1. The normalized spacial score (nSPS) is 12.4. The predicted molar refractivity (Wildman–Crippen MR) is 85.5 cm³/mol. The molecule has 1 rings (SSSR count). The average Bonchev–Trinajstić information content (AvgIpc) is 2.47. The van der Waals surface area contributed by atoms with Crippen LogP contribution in [0.4, 0.5) is 5.69 Å². The van der Waals surface area contributed by atoms with Gasteiger partial charge in [0.15, 0.2) is 0 Å². The topological polar surface area (TPSA) is 115 Å². The molecule has 0 aliphatic rings. The molecule has 9 heteroatoms. The van der Waals surface area contributed by atoms with Crippen LogP contribution in [0.3, 0.4) is 0 Å². The van der Waals surface area contributed by atoms with Crippen LogP contribution in [0.25, 0.3) is 0 Å². The first-order valence-electron chi connectivity index (χ1n) is 6.81. The maximum atomic E-state index is 12.5. The van der Waals surface area contributed by atoms with Crippen molar-refractivity contribution in [2.75, 3.05) is 6.54 Å². The van der Waals surface area contributed by atoms with E-state index in [4.69, 9.17) is 17.3 Å². The Hall–Kier alpha value is -1.22. The van der Waals surface area contributed by atoms with Gasteiger partial charge >= 0.3 is 0 Å². The van der Waals surface area contributed by atoms with Crippen molar-refractivity contribution in [1.29, 1.82) is 0 Å². The third-order valence-corrected chi connectivity index (χ3v) is 5.84. The van der Waals surface area contributed by atoms with Crippen LogP contribution < -0.4 is 10.5 Å². The maximum Gasteiger partial charge on any atom is 0.275 e. The molecule has 0 spiro atoms. The first-order chi connectivity index (χ1) is 10.1. The number of sulfonamides is 1. The molecule has 0 atom stereocenters. The lowest BCUT2D eigenvalue weighted by molar-refractivity contribution is -0.385. The molecule has 0 saturated heterocycles. The van der Waals surface area contributed by atoms with Crippen molar-refractivity contribution in [2.45, 2.75) is 44.0 Å². The molecule has 7 nitrogen and oxygen atoms in total. The summed E-state index contributed by atoms with van der Waals surface area (Å²) in [5.41, 5.74) is 4.79. The molecule has 0 radical (unpaired) electrons. The number of hydrogen-bond acceptors (Lipinski definition) is 5. The molecule has 0 unspecified atom stereocenters. The summed E-state index contributed by atoms with van der Waals surface area (Å²) in [6.45, 7) is 5.24. The van der Waals surface area contributed by atoms with Gasteiger partial charge in [-0.15, -0.1) is 0 Å². The van der Waals surface area contributed by atoms with E-state index in [0.29, 0.717) is 12.8 Å². The standard InChI is InChI=1S/C13H20ClN3O4S/c1-4-13(5-2,8-15)16-22(20,21)10-6-11(14)9(3)12(7-10)17(18)19/h6-7,16H,4-5,8,15H2,1-3H3. The highest BCUT2D eigenvalue weighted by Gasteiger charge is 2.32. The van der Waals surface area contributed by atoms with Crippen LogP contribution in [0, 0.1) is 17.0 Å². The van der Waals surface area contributed by atoms with Crippen LogP contribution in [0.1, 0.15) is 32.3 Å². The number of nitro benzene ring substituents is 1. The van der Waals surface area contributed by atoms with Crippen LogP contribution in [0.15, 0.2) is 17.0 Å². The van der Waals surface area contributed by atoms with E-state index in [1.807, 2.05) is 13.8 Å². The van der Waals surface area contributed by atoms with Crippen molar-refractivity contribution < 1.29 is 13.3 Å². The fourth-order valence-corrected chi connectivity index (χ4v) is 3.93. The van der Waals surface area contributed by atoms with Crippen LogP contribution >= 0.6 is 11.6 Å². The van der Waals surface area contributed by atoms with E-state index < -0.39 is 20.5 Å². The van der Waals surface area contributed by atoms with Gasteiger partial charge in [0.25, 0.3) is 5.69 Å². The lowest BCUT2D eigenvalue weighted by Gasteiger charge is -2.31. The first kappa shape index (κ1) is 18.8. The molecule has 0 saturated carbocycles. The van der Waals surface area contributed by atoms with Gasteiger partial charge in [0, 0.05) is 23.7 Å². The van der Waals surface area contributed by atoms with Crippen LogP contribution in [0.5, 0.6) is 0 Å². The molecule has 0 amide bonds. The lowest BCUT2D eigenvalue weighted by atomic mass is 9.95. The third kappa shape index (κ3) is 3.75. The molecular formula is C13H20ClN3O4S. The van der Waals surface area contributed by atoms with Gasteiger partial charge < -0.3 is 5.73 Å². The Morgan fingerprint density at radius 1 is 1.36 bits per heavy atom. The number of nitro groups is 1. The van der Waals surface area contributed by atoms with Gasteiger partial charge in [-0.05, 0) is 25.8 Å². The molecule has 0 heterocycles. The van der Waals surface area contributed by atoms with Gasteiger partial charge in [0.2, 0.25) is 10.0 Å². The van der Waals surface area contributed by atoms with Crippen molar-refractivity contribution >= 4 is 27.3 Å². The second-order valence-electron chi connectivity index (χ2n) is 5.10. The molecule has 0 aromatic heterocycles. The number of nitrogens with one attached hydrogen (secondary N) is 1. The summed E-state index contributed by atoms with van der Waals surface area (Å²) in [6.07, 6.45) is 1.00. The Balaban J connectivity index is 3.38. The average molecular weight is 350 g/mol. The van der Waals surface area contributed by atoms with E-state index in [1.165, 1.54) is 13.0 Å². The number of halogens is 1. The van der Waals surface area contributed by atoms with E-state index in [0.717, 1.165) is 6.07 Å². The van der Waals surface area contributed by atoms with E-state index in [9.17, 15) is 18.5 Å². The Morgan fingerprint density at radius 3 is 2.32 bits per heavy atom. The van der Waals surface area contributed by atoms with Gasteiger partial charge in [0.05, 0.1) is 14.8 Å². The van der Waals surface area contributed by atoms with Crippen molar-refractivity contribution in [1.82, 2.24) is 4.72 Å². The van der Waals surface area contributed by atoms with Crippen molar-refractivity contribution in [3.05, 3.63) is 32.8 Å². The van der Waals surface area contributed by atoms with Crippen LogP contribution in [-0.2, 0) is 10.0 Å². The van der Waals surface area contributed by atoms with Gasteiger partial charge in [-0.2, -0.15) is 0 Å². The van der Waals surface area contributed by atoms with E-state index in [1.54, 1.807) is 0 Å². The van der Waals surface area contributed by atoms with Gasteiger partial charge in [-0.3, -0.25) is 10.1 Å². The van der Waals surface area contributed by atoms with Crippen molar-refractivity contribution in [3.8, 4) is 0 Å². The molecule has 0 aliphatic carbocycles. The molecule has 124 valence electrons. The second kappa shape index (κ2) is 6.91. The second-order valence-corrected chi connectivity index (χ2v) is 7.19. The summed E-state index contributed by atoms with van der Waals surface area (Å²) in [5, 5.41) is 11.0.